The van der Waals surface area contributed by atoms with Gasteiger partial charge in [0.15, 0.2) is 17.2 Å². The normalized spacial score (nSPS) is 11.0. The topological polar surface area (TPSA) is 74.9 Å². The van der Waals surface area contributed by atoms with E-state index in [2.05, 4.69) is 15.2 Å². The van der Waals surface area contributed by atoms with Crippen molar-refractivity contribution in [2.45, 2.75) is 6.42 Å². The molecule has 0 spiro atoms. The molecule has 2 N–H and O–H groups in total. The van der Waals surface area contributed by atoms with Crippen molar-refractivity contribution in [3.8, 4) is 5.75 Å². The lowest BCUT2D eigenvalue weighted by Crippen LogP contribution is -1.98. The van der Waals surface area contributed by atoms with Crippen LogP contribution >= 0.6 is 12.4 Å². The first-order chi connectivity index (χ1) is 10.6. The van der Waals surface area contributed by atoms with Gasteiger partial charge in [-0.2, -0.15) is 5.10 Å². The summed E-state index contributed by atoms with van der Waals surface area (Å²) in [6.45, 7) is 0. The average Bonchev–Trinajstić information content (AvgIpc) is 3.14. The Labute approximate surface area is 134 Å². The van der Waals surface area contributed by atoms with Gasteiger partial charge in [0, 0.05) is 28.6 Å². The summed E-state index contributed by atoms with van der Waals surface area (Å²) in [4.78, 5) is 4.30. The Hall–Kier alpha value is -2.67. The maximum absolute atomic E-state index is 14.3. The third-order valence-corrected chi connectivity index (χ3v) is 3.54. The number of hydrogen-bond donors (Lipinski definition) is 2. The van der Waals surface area contributed by atoms with Crippen LogP contribution in [0.3, 0.4) is 0 Å². The van der Waals surface area contributed by atoms with E-state index in [0.29, 0.717) is 22.5 Å². The van der Waals surface area contributed by atoms with Crippen LogP contribution in [0.4, 0.5) is 8.78 Å². The van der Waals surface area contributed by atoms with Gasteiger partial charge in [-0.3, -0.25) is 5.10 Å². The van der Waals surface area contributed by atoms with Gasteiger partial charge in [0.05, 0.1) is 18.2 Å². The van der Waals surface area contributed by atoms with Crippen LogP contribution in [0.1, 0.15) is 11.5 Å². The summed E-state index contributed by atoms with van der Waals surface area (Å²) in [5.41, 5.74) is 0.621. The van der Waals surface area contributed by atoms with E-state index in [1.54, 1.807) is 12.1 Å². The number of nitrogens with zero attached hydrogens (tertiary/aromatic N) is 2. The van der Waals surface area contributed by atoms with Crippen LogP contribution in [0.2, 0.25) is 0 Å². The summed E-state index contributed by atoms with van der Waals surface area (Å²) < 4.78 is 33.9. The first-order valence-corrected chi connectivity index (χ1v) is 6.50. The van der Waals surface area contributed by atoms with Gasteiger partial charge in [0.2, 0.25) is 0 Å². The van der Waals surface area contributed by atoms with Crippen molar-refractivity contribution in [3.63, 3.8) is 0 Å². The highest BCUT2D eigenvalue weighted by Gasteiger charge is 2.20. The Balaban J connectivity index is 0.00000156. The molecule has 0 aliphatic heterocycles. The number of halogens is 3. The van der Waals surface area contributed by atoms with Crippen molar-refractivity contribution >= 4 is 34.2 Å². The largest absolute Gasteiger partial charge is 0.505 e. The number of furan rings is 1. The number of fused-ring (bicyclic) bond motifs is 3. The molecule has 0 aliphatic carbocycles. The van der Waals surface area contributed by atoms with Gasteiger partial charge in [0.1, 0.15) is 11.6 Å². The van der Waals surface area contributed by atoms with E-state index in [9.17, 15) is 13.9 Å². The first kappa shape index (κ1) is 15.2. The van der Waals surface area contributed by atoms with E-state index in [-0.39, 0.29) is 29.6 Å². The van der Waals surface area contributed by atoms with Crippen molar-refractivity contribution in [3.05, 3.63) is 53.7 Å². The fourth-order valence-electron chi connectivity index (χ4n) is 2.59. The number of nitrogens with one attached hydrogen (secondary N) is 1. The SMILES string of the molecule is Cl.Oc1cc(F)c2c(Cc3ccco3)nc3[nH]ncc3c2c1F. The summed E-state index contributed by atoms with van der Waals surface area (Å²) in [5.74, 6) is -1.82. The third-order valence-electron chi connectivity index (χ3n) is 3.54. The van der Waals surface area contributed by atoms with Crippen molar-refractivity contribution in [2.24, 2.45) is 0 Å². The van der Waals surface area contributed by atoms with E-state index in [4.69, 9.17) is 4.42 Å². The number of aromatic nitrogens is 3. The molecule has 0 fully saturated rings. The summed E-state index contributed by atoms with van der Waals surface area (Å²) >= 11 is 0. The van der Waals surface area contributed by atoms with Gasteiger partial charge >= 0.3 is 0 Å². The number of phenolic OH excluding ortho intramolecular Hbond substituents is 1. The zero-order valence-electron chi connectivity index (χ0n) is 11.5. The highest BCUT2D eigenvalue weighted by molar-refractivity contribution is 6.06. The molecule has 0 aliphatic rings. The molecule has 23 heavy (non-hydrogen) atoms. The summed E-state index contributed by atoms with van der Waals surface area (Å²) in [6.07, 6.45) is 3.04. The van der Waals surface area contributed by atoms with Gasteiger partial charge < -0.3 is 9.52 Å². The number of aromatic hydroxyl groups is 1. The van der Waals surface area contributed by atoms with Gasteiger partial charge in [-0.1, -0.05) is 0 Å². The van der Waals surface area contributed by atoms with E-state index in [1.165, 1.54) is 12.5 Å². The van der Waals surface area contributed by atoms with Gasteiger partial charge in [-0.15, -0.1) is 12.4 Å². The summed E-state index contributed by atoms with van der Waals surface area (Å²) in [7, 11) is 0. The van der Waals surface area contributed by atoms with E-state index >= 15 is 0 Å². The lowest BCUT2D eigenvalue weighted by atomic mass is 10.0. The first-order valence-electron chi connectivity index (χ1n) is 6.50. The second kappa shape index (κ2) is 5.51. The molecule has 4 rings (SSSR count). The smallest absolute Gasteiger partial charge is 0.173 e. The highest BCUT2D eigenvalue weighted by Crippen LogP contribution is 2.35. The average molecular weight is 338 g/mol. The molecule has 0 radical (unpaired) electrons. The van der Waals surface area contributed by atoms with Crippen LogP contribution in [0.15, 0.2) is 35.1 Å². The van der Waals surface area contributed by atoms with Gasteiger partial charge in [0.25, 0.3) is 0 Å². The molecule has 0 atom stereocenters. The molecule has 4 aromatic rings. The molecule has 0 saturated carbocycles. The monoisotopic (exact) mass is 337 g/mol. The van der Waals surface area contributed by atoms with Gasteiger partial charge in [-0.25, -0.2) is 13.8 Å². The lowest BCUT2D eigenvalue weighted by Gasteiger charge is -2.09. The quantitative estimate of drug-likeness (QED) is 0.585. The maximum Gasteiger partial charge on any atom is 0.173 e. The van der Waals surface area contributed by atoms with E-state index in [0.717, 1.165) is 6.07 Å². The van der Waals surface area contributed by atoms with E-state index < -0.39 is 17.4 Å². The number of rotatable bonds is 2. The highest BCUT2D eigenvalue weighted by atomic mass is 35.5. The number of aromatic amines is 1. The number of hydrogen-bond acceptors (Lipinski definition) is 4. The lowest BCUT2D eigenvalue weighted by molar-refractivity contribution is 0.431. The van der Waals surface area contributed by atoms with Crippen LogP contribution in [0, 0.1) is 11.6 Å². The molecule has 0 bridgehead atoms. The molecule has 3 aromatic heterocycles. The molecule has 5 nitrogen and oxygen atoms in total. The van der Waals surface area contributed by atoms with Crippen molar-refractivity contribution in [1.82, 2.24) is 15.2 Å². The Bertz CT molecular complexity index is 999. The number of phenols is 1. The summed E-state index contributed by atoms with van der Waals surface area (Å²) in [6, 6.07) is 4.17. The van der Waals surface area contributed by atoms with Crippen molar-refractivity contribution in [2.75, 3.05) is 0 Å². The number of H-pyrrole nitrogens is 1. The zero-order valence-corrected chi connectivity index (χ0v) is 12.3. The molecule has 0 unspecified atom stereocenters. The number of benzene rings is 1. The zero-order chi connectivity index (χ0) is 15.3. The Kier molecular flexibility index (Phi) is 3.65. The fraction of sp³-hybridized carbons (Fsp3) is 0.0667. The standard InChI is InChI=1S/C15H9F2N3O2.ClH/c16-9-5-11(21)14(17)12-8-6-18-20-15(8)19-10(13(9)12)4-7-2-1-3-22-7;/h1-3,5-6,21H,4H2,(H,18,19,20);1H. The minimum atomic E-state index is -0.897. The Morgan fingerprint density at radius 1 is 1.26 bits per heavy atom. The second-order valence-corrected chi connectivity index (χ2v) is 4.89. The predicted octanol–water partition coefficient (Wildman–Crippen LogP) is 3.70. The van der Waals surface area contributed by atoms with Crippen molar-refractivity contribution in [1.29, 1.82) is 0 Å². The molecule has 1 aromatic carbocycles. The molecular formula is C15H10ClF2N3O2. The van der Waals surface area contributed by atoms with Crippen molar-refractivity contribution < 1.29 is 18.3 Å². The maximum atomic E-state index is 14.3. The van der Waals surface area contributed by atoms with Crippen LogP contribution in [0.25, 0.3) is 21.8 Å². The van der Waals surface area contributed by atoms with E-state index in [1.807, 2.05) is 0 Å². The number of pyridine rings is 1. The third kappa shape index (κ3) is 2.29. The van der Waals surface area contributed by atoms with Gasteiger partial charge in [-0.05, 0) is 12.1 Å². The molecule has 118 valence electrons. The Morgan fingerprint density at radius 2 is 2.09 bits per heavy atom. The van der Waals surface area contributed by atoms with Crippen LogP contribution < -0.4 is 0 Å². The molecular weight excluding hydrogens is 328 g/mol. The molecule has 0 amide bonds. The van der Waals surface area contributed by atoms with Crippen LogP contribution in [0.5, 0.6) is 5.75 Å². The minimum absolute atomic E-state index is 0. The molecule has 8 heteroatoms. The minimum Gasteiger partial charge on any atom is -0.505 e. The summed E-state index contributed by atoms with van der Waals surface area (Å²) in [5, 5.41) is 16.3. The fourth-order valence-corrected chi connectivity index (χ4v) is 2.59. The molecule has 0 saturated heterocycles. The van der Waals surface area contributed by atoms with Crippen LogP contribution in [-0.2, 0) is 6.42 Å². The second-order valence-electron chi connectivity index (χ2n) is 4.89. The predicted molar refractivity (Wildman–Crippen MR) is 81.7 cm³/mol. The van der Waals surface area contributed by atoms with Crippen LogP contribution in [-0.4, -0.2) is 20.3 Å². The Morgan fingerprint density at radius 3 is 2.83 bits per heavy atom. The molecule has 3 heterocycles.